The molecule has 3 aromatic rings. The summed E-state index contributed by atoms with van der Waals surface area (Å²) in [5.74, 6) is 0.877. The molecule has 0 radical (unpaired) electrons. The molecule has 0 unspecified atom stereocenters. The van der Waals surface area contributed by atoms with Gasteiger partial charge in [0.05, 0.1) is 0 Å². The highest BCUT2D eigenvalue weighted by atomic mass is 32.1. The molecule has 1 saturated heterocycles. The highest BCUT2D eigenvalue weighted by molar-refractivity contribution is 7.20. The number of amides is 2. The van der Waals surface area contributed by atoms with Crippen LogP contribution >= 0.6 is 11.3 Å². The van der Waals surface area contributed by atoms with Crippen molar-refractivity contribution in [1.29, 1.82) is 0 Å². The van der Waals surface area contributed by atoms with Gasteiger partial charge in [0.25, 0.3) is 0 Å². The minimum absolute atomic E-state index is 0.00584. The van der Waals surface area contributed by atoms with Crippen LogP contribution in [0.1, 0.15) is 34.6 Å². The number of nitrogens with one attached hydrogen (secondary N) is 2. The van der Waals surface area contributed by atoms with Crippen LogP contribution in [0.4, 0.5) is 20.1 Å². The fourth-order valence-corrected chi connectivity index (χ4v) is 4.63. The molecular formula is C23H32FN7OS. The second-order valence-electron chi connectivity index (χ2n) is 9.83. The van der Waals surface area contributed by atoms with Crippen molar-refractivity contribution in [3.8, 4) is 11.3 Å². The molecule has 2 N–H and O–H groups in total. The van der Waals surface area contributed by atoms with Crippen molar-refractivity contribution in [3.05, 3.63) is 30.1 Å². The lowest BCUT2D eigenvalue weighted by Crippen LogP contribution is -2.52. The zero-order chi connectivity index (χ0) is 23.8. The fourth-order valence-electron chi connectivity index (χ4n) is 3.67. The van der Waals surface area contributed by atoms with E-state index in [4.69, 9.17) is 10.1 Å². The van der Waals surface area contributed by atoms with Crippen molar-refractivity contribution >= 4 is 33.3 Å². The first-order valence-corrected chi connectivity index (χ1v) is 12.1. The van der Waals surface area contributed by atoms with Crippen molar-refractivity contribution in [2.45, 2.75) is 40.2 Å². The number of hydrogen-bond donors (Lipinski definition) is 2. The van der Waals surface area contributed by atoms with E-state index >= 15 is 0 Å². The van der Waals surface area contributed by atoms with Gasteiger partial charge in [0.2, 0.25) is 10.1 Å². The molecule has 4 rings (SSSR count). The van der Waals surface area contributed by atoms with Gasteiger partial charge in [-0.3, -0.25) is 0 Å². The molecule has 0 spiro atoms. The second-order valence-corrected chi connectivity index (χ2v) is 10.8. The largest absolute Gasteiger partial charge is 0.364 e. The van der Waals surface area contributed by atoms with Gasteiger partial charge in [0, 0.05) is 43.8 Å². The maximum atomic E-state index is 13.9. The minimum Gasteiger partial charge on any atom is -0.364 e. The number of rotatable bonds is 5. The predicted molar refractivity (Wildman–Crippen MR) is 132 cm³/mol. The van der Waals surface area contributed by atoms with Crippen LogP contribution in [0.3, 0.4) is 0 Å². The van der Waals surface area contributed by atoms with E-state index in [-0.39, 0.29) is 17.4 Å². The summed E-state index contributed by atoms with van der Waals surface area (Å²) in [6, 6.07) is 6.46. The van der Waals surface area contributed by atoms with Crippen molar-refractivity contribution in [2.24, 2.45) is 5.92 Å². The fraction of sp³-hybridized carbons (Fsp3) is 0.522. The van der Waals surface area contributed by atoms with Gasteiger partial charge < -0.3 is 20.4 Å². The Morgan fingerprint density at radius 1 is 1.21 bits per heavy atom. The molecule has 2 aromatic heterocycles. The number of nitrogens with zero attached hydrogens (tertiary/aromatic N) is 5. The maximum absolute atomic E-state index is 13.9. The van der Waals surface area contributed by atoms with Crippen molar-refractivity contribution in [3.63, 3.8) is 0 Å². The van der Waals surface area contributed by atoms with E-state index in [1.165, 1.54) is 23.5 Å². The number of aromatic nitrogens is 3. The van der Waals surface area contributed by atoms with E-state index in [9.17, 15) is 9.18 Å². The van der Waals surface area contributed by atoms with E-state index in [1.54, 1.807) is 6.07 Å². The van der Waals surface area contributed by atoms with Gasteiger partial charge >= 0.3 is 6.03 Å². The van der Waals surface area contributed by atoms with Crippen molar-refractivity contribution < 1.29 is 9.18 Å². The second kappa shape index (κ2) is 9.17. The normalized spacial score (nSPS) is 14.9. The number of fused-ring (bicyclic) bond motifs is 1. The Morgan fingerprint density at radius 3 is 2.58 bits per heavy atom. The number of carbonyl (C=O) groups is 1. The Kier molecular flexibility index (Phi) is 6.47. The molecular weight excluding hydrogens is 441 g/mol. The molecule has 3 heterocycles. The molecule has 1 aliphatic heterocycles. The Bertz CT molecular complexity index is 1130. The first kappa shape index (κ1) is 23.3. The van der Waals surface area contributed by atoms with Gasteiger partial charge in [-0.25, -0.2) is 14.2 Å². The molecule has 1 fully saturated rings. The Balaban J connectivity index is 1.56. The summed E-state index contributed by atoms with van der Waals surface area (Å²) in [5, 5.41) is 12.2. The summed E-state index contributed by atoms with van der Waals surface area (Å²) in [6.45, 7) is 13.8. The summed E-state index contributed by atoms with van der Waals surface area (Å²) < 4.78 is 15.7. The summed E-state index contributed by atoms with van der Waals surface area (Å²) in [7, 11) is 0. The molecule has 8 nitrogen and oxygen atoms in total. The van der Waals surface area contributed by atoms with E-state index in [1.807, 2.05) is 15.5 Å². The standard InChI is InChI=1S/C23H32FN7OS/c1-15(2)14-25-20(32)29-9-11-30(12-10-29)22-28-31-19(27-23(3,4)5)18(26-21(31)33-22)16-7-6-8-17(24)13-16/h6-8,13,15,27H,9-12,14H2,1-5H3,(H,25,32). The molecule has 0 bridgehead atoms. The lowest BCUT2D eigenvalue weighted by Gasteiger charge is -2.34. The zero-order valence-electron chi connectivity index (χ0n) is 19.9. The summed E-state index contributed by atoms with van der Waals surface area (Å²) in [5.41, 5.74) is 1.17. The average molecular weight is 474 g/mol. The monoisotopic (exact) mass is 473 g/mol. The van der Waals surface area contributed by atoms with Crippen LogP contribution in [-0.2, 0) is 0 Å². The molecule has 1 aliphatic rings. The van der Waals surface area contributed by atoms with Crippen LogP contribution in [0, 0.1) is 11.7 Å². The summed E-state index contributed by atoms with van der Waals surface area (Å²) in [4.78, 5) is 21.9. The van der Waals surface area contributed by atoms with Crippen LogP contribution in [-0.4, -0.2) is 63.8 Å². The average Bonchev–Trinajstić information content (AvgIpc) is 3.30. The number of halogens is 1. The van der Waals surface area contributed by atoms with Gasteiger partial charge in [-0.05, 0) is 38.8 Å². The van der Waals surface area contributed by atoms with E-state index < -0.39 is 0 Å². The van der Waals surface area contributed by atoms with Crippen LogP contribution in [0.2, 0.25) is 0 Å². The van der Waals surface area contributed by atoms with Crippen LogP contribution < -0.4 is 15.5 Å². The van der Waals surface area contributed by atoms with E-state index in [0.29, 0.717) is 49.9 Å². The third kappa shape index (κ3) is 5.38. The number of benzene rings is 1. The molecule has 1 aromatic carbocycles. The van der Waals surface area contributed by atoms with Gasteiger partial charge in [-0.2, -0.15) is 4.52 Å². The molecule has 0 atom stereocenters. The first-order chi connectivity index (χ1) is 15.6. The first-order valence-electron chi connectivity index (χ1n) is 11.3. The number of imidazole rings is 1. The highest BCUT2D eigenvalue weighted by Crippen LogP contribution is 2.35. The zero-order valence-corrected chi connectivity index (χ0v) is 20.7. The van der Waals surface area contributed by atoms with Gasteiger partial charge in [0.15, 0.2) is 5.82 Å². The molecule has 0 saturated carbocycles. The summed E-state index contributed by atoms with van der Waals surface area (Å²) >= 11 is 1.50. The molecule has 178 valence electrons. The summed E-state index contributed by atoms with van der Waals surface area (Å²) in [6.07, 6.45) is 0. The number of urea groups is 1. The third-order valence-corrected chi connectivity index (χ3v) is 6.25. The Labute approximate surface area is 197 Å². The maximum Gasteiger partial charge on any atom is 0.317 e. The van der Waals surface area contributed by atoms with Crippen molar-refractivity contribution in [1.82, 2.24) is 24.8 Å². The third-order valence-electron chi connectivity index (χ3n) is 5.28. The molecule has 2 amide bonds. The van der Waals surface area contributed by atoms with Crippen LogP contribution in [0.25, 0.3) is 16.2 Å². The Hall–Kier alpha value is -2.88. The molecule has 0 aliphatic carbocycles. The topological polar surface area (TPSA) is 77.8 Å². The SMILES string of the molecule is CC(C)CNC(=O)N1CCN(c2nn3c(NC(C)(C)C)c(-c4cccc(F)c4)nc3s2)CC1. The molecule has 33 heavy (non-hydrogen) atoms. The molecule has 10 heteroatoms. The van der Waals surface area contributed by atoms with Gasteiger partial charge in [-0.1, -0.05) is 37.3 Å². The lowest BCUT2D eigenvalue weighted by atomic mass is 10.1. The van der Waals surface area contributed by atoms with Crippen LogP contribution in [0.15, 0.2) is 24.3 Å². The van der Waals surface area contributed by atoms with Crippen LogP contribution in [0.5, 0.6) is 0 Å². The minimum atomic E-state index is -0.297. The predicted octanol–water partition coefficient (Wildman–Crippen LogP) is 4.29. The number of piperazine rings is 1. The van der Waals surface area contributed by atoms with Gasteiger partial charge in [-0.15, -0.1) is 5.10 Å². The number of carbonyl (C=O) groups excluding carboxylic acids is 1. The van der Waals surface area contributed by atoms with E-state index in [2.05, 4.69) is 50.2 Å². The number of anilines is 2. The Morgan fingerprint density at radius 2 is 1.94 bits per heavy atom. The number of hydrogen-bond acceptors (Lipinski definition) is 6. The van der Waals surface area contributed by atoms with E-state index in [0.717, 1.165) is 15.9 Å². The van der Waals surface area contributed by atoms with Crippen molar-refractivity contribution in [2.75, 3.05) is 42.9 Å². The lowest BCUT2D eigenvalue weighted by molar-refractivity contribution is 0.193. The highest BCUT2D eigenvalue weighted by Gasteiger charge is 2.26. The van der Waals surface area contributed by atoms with Gasteiger partial charge in [0.1, 0.15) is 11.5 Å². The quantitative estimate of drug-likeness (QED) is 0.578. The smallest absolute Gasteiger partial charge is 0.317 e.